The quantitative estimate of drug-likeness (QED) is 0.673. The molecule has 4 rings (SSSR count). The summed E-state index contributed by atoms with van der Waals surface area (Å²) in [6, 6.07) is 3.56. The molecule has 0 bridgehead atoms. The smallest absolute Gasteiger partial charge is 0.272 e. The van der Waals surface area contributed by atoms with Crippen molar-refractivity contribution in [3.8, 4) is 5.75 Å². The van der Waals surface area contributed by atoms with Gasteiger partial charge in [0, 0.05) is 18.3 Å². The molecule has 0 radical (unpaired) electrons. The van der Waals surface area contributed by atoms with E-state index in [1.165, 1.54) is 6.20 Å². The molecule has 9 heteroatoms. The monoisotopic (exact) mass is 387 g/mol. The van der Waals surface area contributed by atoms with Crippen LogP contribution in [0.2, 0.25) is 0 Å². The van der Waals surface area contributed by atoms with Crippen LogP contribution >= 0.6 is 0 Å². The molecule has 0 aliphatic heterocycles. The number of aromatic nitrogens is 4. The molecule has 0 saturated heterocycles. The van der Waals surface area contributed by atoms with E-state index >= 15 is 0 Å². The lowest BCUT2D eigenvalue weighted by atomic mass is 10.2. The fraction of sp³-hybridized carbons (Fsp3) is 0.368. The predicted octanol–water partition coefficient (Wildman–Crippen LogP) is 3.18. The second-order valence-electron chi connectivity index (χ2n) is 6.83. The predicted molar refractivity (Wildman–Crippen MR) is 98.5 cm³/mol. The first-order valence-corrected chi connectivity index (χ1v) is 8.99. The minimum absolute atomic E-state index is 0.00979. The van der Waals surface area contributed by atoms with E-state index in [9.17, 15) is 13.6 Å². The summed E-state index contributed by atoms with van der Waals surface area (Å²) < 4.78 is 31.3. The van der Waals surface area contributed by atoms with Crippen LogP contribution < -0.4 is 10.1 Å². The molecule has 146 valence electrons. The minimum atomic E-state index is -2.53. The number of alkyl halides is 2. The fourth-order valence-electron chi connectivity index (χ4n) is 2.90. The number of hydrogen-bond acceptors (Lipinski definition) is 5. The molecule has 0 spiro atoms. The maximum Gasteiger partial charge on any atom is 0.272 e. The summed E-state index contributed by atoms with van der Waals surface area (Å²) in [5.41, 5.74) is 2.15. The van der Waals surface area contributed by atoms with Crippen molar-refractivity contribution in [3.63, 3.8) is 0 Å². The van der Waals surface area contributed by atoms with Crippen LogP contribution in [-0.2, 0) is 11.3 Å². The molecule has 1 amide bonds. The van der Waals surface area contributed by atoms with Crippen molar-refractivity contribution in [2.24, 2.45) is 5.92 Å². The molecule has 1 fully saturated rings. The summed E-state index contributed by atoms with van der Waals surface area (Å²) in [7, 11) is 0. The first-order chi connectivity index (χ1) is 13.5. The molecule has 0 atom stereocenters. The first-order valence-electron chi connectivity index (χ1n) is 8.99. The van der Waals surface area contributed by atoms with Gasteiger partial charge in [0.1, 0.15) is 18.2 Å². The average molecular weight is 387 g/mol. The second-order valence-corrected chi connectivity index (χ2v) is 6.83. The number of amides is 1. The molecular formula is C19H19F2N5O2. The Kier molecular flexibility index (Phi) is 4.89. The van der Waals surface area contributed by atoms with Crippen LogP contribution in [0, 0.1) is 12.8 Å². The van der Waals surface area contributed by atoms with Crippen molar-refractivity contribution in [1.82, 2.24) is 19.7 Å². The molecule has 28 heavy (non-hydrogen) atoms. The van der Waals surface area contributed by atoms with Gasteiger partial charge in [0.05, 0.1) is 29.3 Å². The minimum Gasteiger partial charge on any atom is -0.486 e. The molecule has 0 unspecified atom stereocenters. The standard InChI is InChI=1S/C19H19F2N5O2/c1-11-6-13(23-7-16(11)28-10-17(20)21)8-26-9-14-15(25-26)4-5-22-18(14)24-19(27)12-2-3-12/h4-7,9,12,17H,2-3,8,10H2,1H3,(H,22,24,27). The number of carbonyl (C=O) groups excluding carboxylic acids is 1. The van der Waals surface area contributed by atoms with Gasteiger partial charge in [-0.15, -0.1) is 0 Å². The van der Waals surface area contributed by atoms with E-state index in [4.69, 9.17) is 4.74 Å². The van der Waals surface area contributed by atoms with Gasteiger partial charge in [0.2, 0.25) is 5.91 Å². The number of halogens is 2. The Morgan fingerprint density at radius 2 is 2.21 bits per heavy atom. The SMILES string of the molecule is Cc1cc(Cn2cc3c(NC(=O)C4CC4)nccc3n2)ncc1OCC(F)F. The third kappa shape index (κ3) is 4.08. The molecular weight excluding hydrogens is 368 g/mol. The number of nitrogens with zero attached hydrogens (tertiary/aromatic N) is 4. The van der Waals surface area contributed by atoms with Crippen LogP contribution in [0.15, 0.2) is 30.7 Å². The van der Waals surface area contributed by atoms with Gasteiger partial charge < -0.3 is 10.1 Å². The van der Waals surface area contributed by atoms with Crippen LogP contribution in [-0.4, -0.2) is 38.7 Å². The van der Waals surface area contributed by atoms with E-state index in [1.807, 2.05) is 6.20 Å². The molecule has 0 aromatic carbocycles. The van der Waals surface area contributed by atoms with E-state index in [0.29, 0.717) is 23.8 Å². The Morgan fingerprint density at radius 3 is 2.93 bits per heavy atom. The summed E-state index contributed by atoms with van der Waals surface area (Å²) in [4.78, 5) is 20.6. The third-order valence-electron chi connectivity index (χ3n) is 4.48. The maximum absolute atomic E-state index is 12.3. The zero-order valence-corrected chi connectivity index (χ0v) is 15.2. The largest absolute Gasteiger partial charge is 0.486 e. The Hall–Kier alpha value is -3.10. The first kappa shape index (κ1) is 18.3. The fourth-order valence-corrected chi connectivity index (χ4v) is 2.90. The third-order valence-corrected chi connectivity index (χ3v) is 4.48. The lowest BCUT2D eigenvalue weighted by Crippen LogP contribution is -2.14. The number of anilines is 1. The molecule has 1 N–H and O–H groups in total. The number of pyridine rings is 2. The van der Waals surface area contributed by atoms with Crippen LogP contribution in [0.25, 0.3) is 10.9 Å². The van der Waals surface area contributed by atoms with Gasteiger partial charge in [-0.1, -0.05) is 0 Å². The molecule has 1 saturated carbocycles. The van der Waals surface area contributed by atoms with Crippen molar-refractivity contribution in [2.75, 3.05) is 11.9 Å². The summed E-state index contributed by atoms with van der Waals surface area (Å²) in [5.74, 6) is 0.916. The topological polar surface area (TPSA) is 81.9 Å². The molecule has 1 aliphatic carbocycles. The average Bonchev–Trinajstić information content (AvgIpc) is 3.42. The molecule has 3 aromatic rings. The Morgan fingerprint density at radius 1 is 1.39 bits per heavy atom. The van der Waals surface area contributed by atoms with E-state index in [1.54, 1.807) is 29.9 Å². The molecule has 3 aromatic heterocycles. The second kappa shape index (κ2) is 7.49. The van der Waals surface area contributed by atoms with E-state index in [0.717, 1.165) is 29.3 Å². The van der Waals surface area contributed by atoms with Crippen LogP contribution in [0.5, 0.6) is 5.75 Å². The van der Waals surface area contributed by atoms with Crippen molar-refractivity contribution in [1.29, 1.82) is 0 Å². The zero-order chi connectivity index (χ0) is 19.7. The Labute approximate surface area is 159 Å². The summed E-state index contributed by atoms with van der Waals surface area (Å²) in [6.45, 7) is 1.51. The Bertz CT molecular complexity index is 1020. The lowest BCUT2D eigenvalue weighted by molar-refractivity contribution is -0.117. The highest BCUT2D eigenvalue weighted by Crippen LogP contribution is 2.31. The van der Waals surface area contributed by atoms with Crippen LogP contribution in [0.3, 0.4) is 0 Å². The van der Waals surface area contributed by atoms with E-state index in [-0.39, 0.29) is 11.8 Å². The number of carbonyl (C=O) groups is 1. The van der Waals surface area contributed by atoms with Gasteiger partial charge >= 0.3 is 0 Å². The van der Waals surface area contributed by atoms with Crippen molar-refractivity contribution in [3.05, 3.63) is 42.0 Å². The van der Waals surface area contributed by atoms with Crippen LogP contribution in [0.4, 0.5) is 14.6 Å². The lowest BCUT2D eigenvalue weighted by Gasteiger charge is -2.09. The number of rotatable bonds is 7. The van der Waals surface area contributed by atoms with Gasteiger partial charge in [-0.3, -0.25) is 14.5 Å². The van der Waals surface area contributed by atoms with Gasteiger partial charge in [0.25, 0.3) is 6.43 Å². The summed E-state index contributed by atoms with van der Waals surface area (Å²) in [6.07, 6.45) is 4.17. The van der Waals surface area contributed by atoms with Gasteiger partial charge in [-0.25, -0.2) is 13.8 Å². The molecule has 1 aliphatic rings. The Balaban J connectivity index is 1.51. The molecule has 7 nitrogen and oxygen atoms in total. The number of ether oxygens (including phenoxy) is 1. The van der Waals surface area contributed by atoms with Gasteiger partial charge in [-0.05, 0) is 37.5 Å². The van der Waals surface area contributed by atoms with E-state index < -0.39 is 13.0 Å². The van der Waals surface area contributed by atoms with Gasteiger partial charge in [-0.2, -0.15) is 5.10 Å². The van der Waals surface area contributed by atoms with Crippen molar-refractivity contribution in [2.45, 2.75) is 32.7 Å². The van der Waals surface area contributed by atoms with Crippen molar-refractivity contribution < 1.29 is 18.3 Å². The van der Waals surface area contributed by atoms with E-state index in [2.05, 4.69) is 20.4 Å². The van der Waals surface area contributed by atoms with Crippen molar-refractivity contribution >= 4 is 22.6 Å². The number of nitrogens with one attached hydrogen (secondary N) is 1. The highest BCUT2D eigenvalue weighted by atomic mass is 19.3. The highest BCUT2D eigenvalue weighted by molar-refractivity contribution is 6.00. The summed E-state index contributed by atoms with van der Waals surface area (Å²) in [5, 5.41) is 8.12. The number of fused-ring (bicyclic) bond motifs is 1. The van der Waals surface area contributed by atoms with Gasteiger partial charge in [0.15, 0.2) is 0 Å². The molecule has 3 heterocycles. The maximum atomic E-state index is 12.3. The number of aryl methyl sites for hydroxylation is 1. The zero-order valence-electron chi connectivity index (χ0n) is 15.2. The number of hydrogen-bond donors (Lipinski definition) is 1. The van der Waals surface area contributed by atoms with Crippen LogP contribution in [0.1, 0.15) is 24.1 Å². The highest BCUT2D eigenvalue weighted by Gasteiger charge is 2.30. The summed E-state index contributed by atoms with van der Waals surface area (Å²) >= 11 is 0. The normalized spacial score (nSPS) is 13.9.